The minimum atomic E-state index is -0.643. The first-order valence-corrected chi connectivity index (χ1v) is 11.9. The van der Waals surface area contributed by atoms with E-state index in [4.69, 9.17) is 16.3 Å². The van der Waals surface area contributed by atoms with Crippen molar-refractivity contribution in [2.75, 3.05) is 7.11 Å². The van der Waals surface area contributed by atoms with Gasteiger partial charge in [-0.25, -0.2) is 0 Å². The van der Waals surface area contributed by atoms with Gasteiger partial charge in [0, 0.05) is 31.0 Å². The summed E-state index contributed by atoms with van der Waals surface area (Å²) in [6.45, 7) is 2.67. The van der Waals surface area contributed by atoms with E-state index >= 15 is 0 Å². The molecule has 3 rings (SSSR count). The van der Waals surface area contributed by atoms with Crippen LogP contribution in [0.4, 0.5) is 0 Å². The summed E-state index contributed by atoms with van der Waals surface area (Å²) in [7, 11) is 1.62. The molecule has 1 unspecified atom stereocenters. The van der Waals surface area contributed by atoms with Crippen LogP contribution in [0.3, 0.4) is 0 Å². The highest BCUT2D eigenvalue weighted by molar-refractivity contribution is 6.30. The predicted molar refractivity (Wildman–Crippen MR) is 136 cm³/mol. The van der Waals surface area contributed by atoms with Crippen LogP contribution in [-0.4, -0.2) is 29.9 Å². The molecule has 0 aromatic heterocycles. The highest BCUT2D eigenvalue weighted by atomic mass is 35.5. The molecule has 5 nitrogen and oxygen atoms in total. The van der Waals surface area contributed by atoms with Gasteiger partial charge < -0.3 is 15.0 Å². The maximum Gasteiger partial charge on any atom is 0.243 e. The fourth-order valence-electron chi connectivity index (χ4n) is 3.75. The summed E-state index contributed by atoms with van der Waals surface area (Å²) in [5.41, 5.74) is 2.88. The summed E-state index contributed by atoms with van der Waals surface area (Å²) in [4.78, 5) is 28.4. The average Bonchev–Trinajstić information content (AvgIpc) is 2.87. The Morgan fingerprint density at radius 3 is 2.18 bits per heavy atom. The normalized spacial score (nSPS) is 11.5. The first-order valence-electron chi connectivity index (χ1n) is 11.5. The molecular formula is C28H31ClN2O3. The number of nitrogens with one attached hydrogen (secondary N) is 1. The van der Waals surface area contributed by atoms with Crippen LogP contribution in [-0.2, 0) is 29.1 Å². The van der Waals surface area contributed by atoms with Crippen LogP contribution in [0.2, 0.25) is 5.02 Å². The van der Waals surface area contributed by atoms with Crippen molar-refractivity contribution in [3.05, 3.63) is 101 Å². The third-order valence-corrected chi connectivity index (χ3v) is 5.88. The fraction of sp³-hybridized carbons (Fsp3) is 0.286. The highest BCUT2D eigenvalue weighted by Gasteiger charge is 2.29. The second kappa shape index (κ2) is 12.8. The molecule has 6 heteroatoms. The lowest BCUT2D eigenvalue weighted by molar-refractivity contribution is -0.141. The van der Waals surface area contributed by atoms with Crippen LogP contribution in [0.25, 0.3) is 0 Å². The molecule has 0 aliphatic rings. The predicted octanol–water partition coefficient (Wildman–Crippen LogP) is 5.41. The molecule has 3 aromatic rings. The lowest BCUT2D eigenvalue weighted by atomic mass is 10.0. The quantitative estimate of drug-likeness (QED) is 0.401. The van der Waals surface area contributed by atoms with Crippen molar-refractivity contribution in [1.29, 1.82) is 0 Å². The number of amides is 2. The number of rotatable bonds is 11. The summed E-state index contributed by atoms with van der Waals surface area (Å²) in [5, 5.41) is 3.67. The number of hydrogen-bond acceptors (Lipinski definition) is 3. The number of benzene rings is 3. The molecule has 0 fully saturated rings. The molecular weight excluding hydrogens is 448 g/mol. The molecule has 0 heterocycles. The molecule has 0 spiro atoms. The van der Waals surface area contributed by atoms with Gasteiger partial charge in [0.2, 0.25) is 11.8 Å². The number of nitrogens with zero attached hydrogens (tertiary/aromatic N) is 1. The monoisotopic (exact) mass is 478 g/mol. The van der Waals surface area contributed by atoms with E-state index in [0.717, 1.165) is 22.4 Å². The smallest absolute Gasteiger partial charge is 0.243 e. The third-order valence-electron chi connectivity index (χ3n) is 5.63. The van der Waals surface area contributed by atoms with Crippen molar-refractivity contribution in [2.45, 2.75) is 45.3 Å². The highest BCUT2D eigenvalue weighted by Crippen LogP contribution is 2.18. The van der Waals surface area contributed by atoms with E-state index < -0.39 is 6.04 Å². The average molecular weight is 479 g/mol. The number of hydrogen-bond donors (Lipinski definition) is 1. The summed E-state index contributed by atoms with van der Waals surface area (Å²) in [6.07, 6.45) is 1.52. The Kier molecular flexibility index (Phi) is 9.53. The van der Waals surface area contributed by atoms with E-state index in [9.17, 15) is 9.59 Å². The van der Waals surface area contributed by atoms with Crippen molar-refractivity contribution in [1.82, 2.24) is 10.2 Å². The van der Waals surface area contributed by atoms with E-state index in [-0.39, 0.29) is 11.8 Å². The maximum atomic E-state index is 13.5. The van der Waals surface area contributed by atoms with Crippen molar-refractivity contribution >= 4 is 23.4 Å². The van der Waals surface area contributed by atoms with Crippen molar-refractivity contribution in [3.63, 3.8) is 0 Å². The molecule has 0 saturated carbocycles. The van der Waals surface area contributed by atoms with Crippen molar-refractivity contribution in [3.8, 4) is 5.75 Å². The van der Waals surface area contributed by atoms with Gasteiger partial charge in [-0.1, -0.05) is 73.1 Å². The van der Waals surface area contributed by atoms with Gasteiger partial charge in [0.05, 0.1) is 7.11 Å². The van der Waals surface area contributed by atoms with Crippen molar-refractivity contribution < 1.29 is 14.3 Å². The van der Waals surface area contributed by atoms with Crippen LogP contribution in [0.5, 0.6) is 5.75 Å². The van der Waals surface area contributed by atoms with Gasteiger partial charge in [0.15, 0.2) is 0 Å². The van der Waals surface area contributed by atoms with Crippen LogP contribution < -0.4 is 10.1 Å². The zero-order valence-electron chi connectivity index (χ0n) is 19.7. The van der Waals surface area contributed by atoms with Gasteiger partial charge in [0.1, 0.15) is 11.8 Å². The molecule has 3 aromatic carbocycles. The Morgan fingerprint density at radius 2 is 1.56 bits per heavy atom. The van der Waals surface area contributed by atoms with Gasteiger partial charge in [-0.3, -0.25) is 9.59 Å². The molecule has 0 radical (unpaired) electrons. The van der Waals surface area contributed by atoms with Gasteiger partial charge in [-0.05, 0) is 47.4 Å². The Labute approximate surface area is 206 Å². The van der Waals surface area contributed by atoms with Gasteiger partial charge in [0.25, 0.3) is 0 Å². The van der Waals surface area contributed by atoms with E-state index in [1.807, 2.05) is 73.7 Å². The minimum Gasteiger partial charge on any atom is -0.497 e. The Hall–Kier alpha value is -3.31. The lowest BCUT2D eigenvalue weighted by Gasteiger charge is -2.31. The van der Waals surface area contributed by atoms with E-state index in [1.165, 1.54) is 0 Å². The topological polar surface area (TPSA) is 58.6 Å². The molecule has 0 aliphatic carbocycles. The molecule has 178 valence electrons. The number of methoxy groups -OCH3 is 1. The standard InChI is InChI=1S/C28H31ClN2O3/c1-3-7-27(32)31(20-23-10-14-24(29)15-11-23)26(18-21-8-5-4-6-9-21)28(33)30-19-22-12-16-25(34-2)17-13-22/h4-6,8-17,26H,3,7,18-20H2,1-2H3,(H,30,33). The van der Waals surface area contributed by atoms with Crippen LogP contribution >= 0.6 is 11.6 Å². The second-order valence-corrected chi connectivity index (χ2v) is 8.61. The molecule has 0 bridgehead atoms. The van der Waals surface area contributed by atoms with Gasteiger partial charge in [-0.2, -0.15) is 0 Å². The number of carbonyl (C=O) groups is 2. The van der Waals surface area contributed by atoms with Crippen LogP contribution in [0.15, 0.2) is 78.9 Å². The van der Waals surface area contributed by atoms with Gasteiger partial charge >= 0.3 is 0 Å². The second-order valence-electron chi connectivity index (χ2n) is 8.17. The third kappa shape index (κ3) is 7.35. The first-order chi connectivity index (χ1) is 16.5. The summed E-state index contributed by atoms with van der Waals surface area (Å²) < 4.78 is 5.20. The first kappa shape index (κ1) is 25.3. The summed E-state index contributed by atoms with van der Waals surface area (Å²) in [5.74, 6) is 0.535. The van der Waals surface area contributed by atoms with Crippen LogP contribution in [0.1, 0.15) is 36.5 Å². The van der Waals surface area contributed by atoms with E-state index in [2.05, 4.69) is 5.32 Å². The molecule has 0 saturated heterocycles. The Morgan fingerprint density at radius 1 is 0.912 bits per heavy atom. The molecule has 1 atom stereocenters. The van der Waals surface area contributed by atoms with Crippen LogP contribution in [0, 0.1) is 0 Å². The SMILES string of the molecule is CCCC(=O)N(Cc1ccc(Cl)cc1)C(Cc1ccccc1)C(=O)NCc1ccc(OC)cc1. The maximum absolute atomic E-state index is 13.5. The molecule has 34 heavy (non-hydrogen) atoms. The summed E-state index contributed by atoms with van der Waals surface area (Å²) in [6, 6.07) is 24.1. The Bertz CT molecular complexity index is 1050. The molecule has 2 amide bonds. The molecule has 0 aliphatic heterocycles. The van der Waals surface area contributed by atoms with E-state index in [1.54, 1.807) is 24.1 Å². The zero-order chi connectivity index (χ0) is 24.3. The van der Waals surface area contributed by atoms with Gasteiger partial charge in [-0.15, -0.1) is 0 Å². The number of halogens is 1. The minimum absolute atomic E-state index is 0.0435. The largest absolute Gasteiger partial charge is 0.497 e. The summed E-state index contributed by atoms with van der Waals surface area (Å²) >= 11 is 6.05. The number of ether oxygens (including phenoxy) is 1. The van der Waals surface area contributed by atoms with E-state index in [0.29, 0.717) is 37.4 Å². The lowest BCUT2D eigenvalue weighted by Crippen LogP contribution is -2.50. The fourth-order valence-corrected chi connectivity index (χ4v) is 3.87. The van der Waals surface area contributed by atoms with Crippen molar-refractivity contribution in [2.24, 2.45) is 0 Å². The number of carbonyl (C=O) groups excluding carboxylic acids is 2. The molecule has 1 N–H and O–H groups in total. The Balaban J connectivity index is 1.85. The zero-order valence-corrected chi connectivity index (χ0v) is 20.4.